The molecule has 1 N–H and O–H groups in total. The molecule has 0 aliphatic carbocycles. The minimum atomic E-state index is -0.694. The number of aliphatic hydroxyl groups excluding tert-OH is 1. The van der Waals surface area contributed by atoms with Gasteiger partial charge in [0.25, 0.3) is 0 Å². The second-order valence-corrected chi connectivity index (χ2v) is 5.58. The Morgan fingerprint density at radius 1 is 0.739 bits per heavy atom. The van der Waals surface area contributed by atoms with Crippen LogP contribution in [0.1, 0.15) is 17.2 Å². The molecule has 0 radical (unpaired) electrons. The fourth-order valence-electron chi connectivity index (χ4n) is 2.81. The summed E-state index contributed by atoms with van der Waals surface area (Å²) in [6.45, 7) is 0. The lowest BCUT2D eigenvalue weighted by Gasteiger charge is -2.05. The Hall–Kier alpha value is -2.84. The van der Waals surface area contributed by atoms with Crippen molar-refractivity contribution in [3.8, 4) is 16.9 Å². The van der Waals surface area contributed by atoms with Crippen LogP contribution >= 0.6 is 0 Å². The van der Waals surface area contributed by atoms with E-state index in [1.54, 1.807) is 0 Å². The summed E-state index contributed by atoms with van der Waals surface area (Å²) in [5.74, 6) is 1.30. The first kappa shape index (κ1) is 13.8. The normalized spacial score (nSPS) is 17.8. The van der Waals surface area contributed by atoms with Crippen molar-refractivity contribution >= 4 is 6.08 Å². The number of benzene rings is 3. The van der Waals surface area contributed by atoms with Crippen LogP contribution < -0.4 is 4.74 Å². The first-order valence-corrected chi connectivity index (χ1v) is 7.63. The van der Waals surface area contributed by atoms with Gasteiger partial charge in [0, 0.05) is 5.56 Å². The highest BCUT2D eigenvalue weighted by molar-refractivity contribution is 5.66. The highest BCUT2D eigenvalue weighted by Crippen LogP contribution is 2.39. The molecule has 0 saturated heterocycles. The molecule has 0 bridgehead atoms. The summed E-state index contributed by atoms with van der Waals surface area (Å²) in [7, 11) is 0. The van der Waals surface area contributed by atoms with Crippen LogP contribution in [-0.2, 0) is 0 Å². The summed E-state index contributed by atoms with van der Waals surface area (Å²) in [5, 5.41) is 10.3. The Morgan fingerprint density at radius 2 is 1.39 bits per heavy atom. The van der Waals surface area contributed by atoms with E-state index in [1.807, 2.05) is 60.7 Å². The van der Waals surface area contributed by atoms with E-state index >= 15 is 0 Å². The lowest BCUT2D eigenvalue weighted by molar-refractivity contribution is 0.193. The maximum absolute atomic E-state index is 10.3. The summed E-state index contributed by atoms with van der Waals surface area (Å²) in [4.78, 5) is 0. The second-order valence-electron chi connectivity index (χ2n) is 5.58. The zero-order valence-corrected chi connectivity index (χ0v) is 12.5. The van der Waals surface area contributed by atoms with Gasteiger partial charge in [-0.15, -0.1) is 0 Å². The van der Waals surface area contributed by atoms with Crippen LogP contribution in [0, 0.1) is 0 Å². The van der Waals surface area contributed by atoms with Crippen molar-refractivity contribution in [3.63, 3.8) is 0 Å². The Labute approximate surface area is 135 Å². The molecule has 0 spiro atoms. The lowest BCUT2D eigenvalue weighted by Crippen LogP contribution is -1.96. The van der Waals surface area contributed by atoms with Gasteiger partial charge in [-0.25, -0.2) is 0 Å². The van der Waals surface area contributed by atoms with Crippen LogP contribution in [0.25, 0.3) is 17.2 Å². The maximum Gasteiger partial charge on any atom is 0.140 e. The van der Waals surface area contributed by atoms with Gasteiger partial charge in [-0.1, -0.05) is 72.8 Å². The number of rotatable bonds is 2. The van der Waals surface area contributed by atoms with Gasteiger partial charge in [0.05, 0.1) is 0 Å². The molecule has 1 aliphatic rings. The fraction of sp³-hybridized carbons (Fsp3) is 0.0476. The molecule has 3 aromatic rings. The van der Waals surface area contributed by atoms with E-state index in [-0.39, 0.29) is 0 Å². The molecule has 1 atom stereocenters. The highest BCUT2D eigenvalue weighted by Gasteiger charge is 2.26. The predicted octanol–water partition coefficient (Wildman–Crippen LogP) is 4.82. The minimum Gasteiger partial charge on any atom is -0.458 e. The third-order valence-electron chi connectivity index (χ3n) is 4.04. The van der Waals surface area contributed by atoms with E-state index in [1.165, 1.54) is 11.1 Å². The molecular weight excluding hydrogens is 284 g/mol. The van der Waals surface area contributed by atoms with Crippen molar-refractivity contribution < 1.29 is 9.84 Å². The molecule has 112 valence electrons. The molecule has 0 fully saturated rings. The number of fused-ring (bicyclic) bond motifs is 1. The van der Waals surface area contributed by atoms with Gasteiger partial charge in [0.15, 0.2) is 0 Å². The van der Waals surface area contributed by atoms with Crippen LogP contribution in [0.15, 0.2) is 84.6 Å². The van der Waals surface area contributed by atoms with Gasteiger partial charge in [0.1, 0.15) is 17.6 Å². The third-order valence-corrected chi connectivity index (χ3v) is 4.04. The average Bonchev–Trinajstić information content (AvgIpc) is 2.93. The van der Waals surface area contributed by atoms with Crippen molar-refractivity contribution in [3.05, 3.63) is 95.7 Å². The fourth-order valence-corrected chi connectivity index (χ4v) is 2.81. The van der Waals surface area contributed by atoms with E-state index in [2.05, 4.69) is 24.3 Å². The maximum atomic E-state index is 10.3. The molecule has 1 heterocycles. The molecule has 3 aromatic carbocycles. The van der Waals surface area contributed by atoms with Gasteiger partial charge in [-0.05, 0) is 28.8 Å². The molecule has 4 rings (SSSR count). The van der Waals surface area contributed by atoms with E-state index in [0.717, 1.165) is 16.9 Å². The monoisotopic (exact) mass is 300 g/mol. The van der Waals surface area contributed by atoms with Gasteiger partial charge in [0.2, 0.25) is 0 Å². The first-order chi connectivity index (χ1) is 11.3. The number of hydrogen-bond donors (Lipinski definition) is 1. The van der Waals surface area contributed by atoms with Crippen LogP contribution in [0.2, 0.25) is 0 Å². The SMILES string of the molecule is OC1/C(=C\c2ccc(-c3ccccc3)cc2)Oc2ccccc21. The van der Waals surface area contributed by atoms with E-state index in [4.69, 9.17) is 4.74 Å². The van der Waals surface area contributed by atoms with Crippen LogP contribution in [-0.4, -0.2) is 5.11 Å². The van der Waals surface area contributed by atoms with Gasteiger partial charge < -0.3 is 9.84 Å². The molecule has 23 heavy (non-hydrogen) atoms. The summed E-state index contributed by atoms with van der Waals surface area (Å²) >= 11 is 0. The Morgan fingerprint density at radius 3 is 2.13 bits per heavy atom. The Kier molecular flexibility index (Phi) is 3.45. The van der Waals surface area contributed by atoms with Crippen LogP contribution in [0.4, 0.5) is 0 Å². The third kappa shape index (κ3) is 2.65. The van der Waals surface area contributed by atoms with Crippen LogP contribution in [0.3, 0.4) is 0 Å². The minimum absolute atomic E-state index is 0.568. The number of hydrogen-bond acceptors (Lipinski definition) is 2. The van der Waals surface area contributed by atoms with E-state index in [0.29, 0.717) is 5.76 Å². The summed E-state index contributed by atoms with van der Waals surface area (Å²) < 4.78 is 5.75. The number of aliphatic hydroxyl groups is 1. The zero-order valence-electron chi connectivity index (χ0n) is 12.5. The molecule has 0 saturated carbocycles. The molecule has 1 aliphatic heterocycles. The Bertz CT molecular complexity index is 849. The van der Waals surface area contributed by atoms with Crippen molar-refractivity contribution in [1.29, 1.82) is 0 Å². The predicted molar refractivity (Wildman–Crippen MR) is 91.9 cm³/mol. The van der Waals surface area contributed by atoms with Gasteiger partial charge in [-0.2, -0.15) is 0 Å². The first-order valence-electron chi connectivity index (χ1n) is 7.63. The highest BCUT2D eigenvalue weighted by atomic mass is 16.5. The molecular formula is C21H16O2. The molecule has 2 nitrogen and oxygen atoms in total. The molecule has 0 amide bonds. The second kappa shape index (κ2) is 5.75. The summed E-state index contributed by atoms with van der Waals surface area (Å²) in [6.07, 6.45) is 1.19. The van der Waals surface area contributed by atoms with Gasteiger partial charge in [-0.3, -0.25) is 0 Å². The largest absolute Gasteiger partial charge is 0.458 e. The van der Waals surface area contributed by atoms with E-state index in [9.17, 15) is 5.11 Å². The Balaban J connectivity index is 1.61. The quantitative estimate of drug-likeness (QED) is 0.735. The standard InChI is InChI=1S/C21H16O2/c22-21-18-8-4-5-9-19(18)23-20(21)14-15-10-12-17(13-11-15)16-6-2-1-3-7-16/h1-14,21-22H/b20-14+. The van der Waals surface area contributed by atoms with E-state index < -0.39 is 6.10 Å². The summed E-state index contributed by atoms with van der Waals surface area (Å²) in [6, 6.07) is 26.1. The zero-order chi connectivity index (χ0) is 15.6. The summed E-state index contributed by atoms with van der Waals surface area (Å²) in [5.41, 5.74) is 4.19. The van der Waals surface area contributed by atoms with Crippen LogP contribution in [0.5, 0.6) is 5.75 Å². The molecule has 2 heteroatoms. The lowest BCUT2D eigenvalue weighted by atomic mass is 10.0. The van der Waals surface area contributed by atoms with Crippen molar-refractivity contribution in [2.75, 3.05) is 0 Å². The number of para-hydroxylation sites is 1. The topological polar surface area (TPSA) is 29.5 Å². The number of ether oxygens (including phenoxy) is 1. The van der Waals surface area contributed by atoms with Crippen molar-refractivity contribution in [2.45, 2.75) is 6.10 Å². The average molecular weight is 300 g/mol. The smallest absolute Gasteiger partial charge is 0.140 e. The van der Waals surface area contributed by atoms with Crippen molar-refractivity contribution in [1.82, 2.24) is 0 Å². The molecule has 1 unspecified atom stereocenters. The van der Waals surface area contributed by atoms with Crippen molar-refractivity contribution in [2.24, 2.45) is 0 Å². The molecule has 0 aromatic heterocycles. The van der Waals surface area contributed by atoms with Gasteiger partial charge >= 0.3 is 0 Å².